The molecule has 0 aliphatic carbocycles. The summed E-state index contributed by atoms with van der Waals surface area (Å²) in [6, 6.07) is 2.31. The van der Waals surface area contributed by atoms with Gasteiger partial charge >= 0.3 is 11.9 Å². The number of ether oxygens (including phenoxy) is 1. The second kappa shape index (κ2) is 4.00. The molecule has 15 heavy (non-hydrogen) atoms. The van der Waals surface area contributed by atoms with Gasteiger partial charge < -0.3 is 14.9 Å². The van der Waals surface area contributed by atoms with Crippen LogP contribution in [0.4, 0.5) is 0 Å². The Balaban J connectivity index is 3.36. The lowest BCUT2D eigenvalue weighted by atomic mass is 10.0. The molecule has 0 spiro atoms. The number of benzene rings is 1. The highest BCUT2D eigenvalue weighted by molar-refractivity contribution is 5.97. The van der Waals surface area contributed by atoms with Gasteiger partial charge in [0.15, 0.2) is 0 Å². The van der Waals surface area contributed by atoms with E-state index in [0.717, 1.165) is 13.2 Å². The first-order valence-corrected chi connectivity index (χ1v) is 4.12. The van der Waals surface area contributed by atoms with E-state index in [1.807, 2.05) is 0 Å². The zero-order chi connectivity index (χ0) is 11.6. The first kappa shape index (κ1) is 11.0. The Hall–Kier alpha value is -2.04. The van der Waals surface area contributed by atoms with Gasteiger partial charge in [0.05, 0.1) is 12.7 Å². The Bertz CT molecular complexity index is 422. The maximum absolute atomic E-state index is 11.1. The number of hydrogen-bond donors (Lipinski definition) is 2. The van der Waals surface area contributed by atoms with Gasteiger partial charge in [-0.2, -0.15) is 0 Å². The Morgan fingerprint density at radius 1 is 1.27 bits per heavy atom. The van der Waals surface area contributed by atoms with E-state index < -0.39 is 11.9 Å². The number of methoxy groups -OCH3 is 1. The van der Waals surface area contributed by atoms with Gasteiger partial charge in [0.1, 0.15) is 11.3 Å². The van der Waals surface area contributed by atoms with E-state index >= 15 is 0 Å². The lowest BCUT2D eigenvalue weighted by Gasteiger charge is -2.06. The van der Waals surface area contributed by atoms with Crippen LogP contribution in [0.1, 0.15) is 26.3 Å². The van der Waals surface area contributed by atoms with Crippen molar-refractivity contribution in [1.29, 1.82) is 0 Å². The van der Waals surface area contributed by atoms with Crippen molar-refractivity contribution in [2.45, 2.75) is 6.92 Å². The monoisotopic (exact) mass is 210 g/mol. The van der Waals surface area contributed by atoms with Gasteiger partial charge in [-0.25, -0.2) is 9.59 Å². The molecule has 2 N–H and O–H groups in total. The number of aryl methyl sites for hydroxylation is 1. The predicted octanol–water partition coefficient (Wildman–Crippen LogP) is 1.19. The number of phenolic OH excluding ortho intramolecular Hbond substituents is 1. The normalized spacial score (nSPS) is 9.73. The number of hydrogen-bond acceptors (Lipinski definition) is 4. The molecule has 0 bridgehead atoms. The second-order valence-corrected chi connectivity index (χ2v) is 2.98. The number of aromatic carboxylic acids is 1. The third kappa shape index (κ3) is 2.07. The minimum Gasteiger partial charge on any atom is -0.507 e. The number of carboxylic acid groups (broad SMARTS) is 1. The zero-order valence-corrected chi connectivity index (χ0v) is 8.27. The van der Waals surface area contributed by atoms with Crippen molar-refractivity contribution in [3.63, 3.8) is 0 Å². The van der Waals surface area contributed by atoms with Gasteiger partial charge in [-0.1, -0.05) is 0 Å². The molecular weight excluding hydrogens is 200 g/mol. The highest BCUT2D eigenvalue weighted by atomic mass is 16.5. The minimum atomic E-state index is -1.15. The summed E-state index contributed by atoms with van der Waals surface area (Å²) in [7, 11) is 1.15. The second-order valence-electron chi connectivity index (χ2n) is 2.98. The van der Waals surface area contributed by atoms with Gasteiger partial charge in [0, 0.05) is 0 Å². The standard InChI is InChI=1S/C10H10O5/c1-5-3-8(11)7(10(14)15-2)4-6(5)9(12)13/h3-4,11H,1-2H3,(H,12,13). The van der Waals surface area contributed by atoms with Crippen molar-refractivity contribution in [3.05, 3.63) is 28.8 Å². The molecule has 0 unspecified atom stereocenters. The fourth-order valence-electron chi connectivity index (χ4n) is 1.20. The Morgan fingerprint density at radius 3 is 2.33 bits per heavy atom. The minimum absolute atomic E-state index is 0.0341. The summed E-state index contributed by atoms with van der Waals surface area (Å²) in [4.78, 5) is 21.9. The Morgan fingerprint density at radius 2 is 1.87 bits per heavy atom. The molecule has 0 aliphatic rings. The van der Waals surface area contributed by atoms with Crippen LogP contribution in [0.15, 0.2) is 12.1 Å². The molecule has 0 saturated carbocycles. The zero-order valence-electron chi connectivity index (χ0n) is 8.27. The summed E-state index contributed by atoms with van der Waals surface area (Å²) < 4.78 is 4.40. The van der Waals surface area contributed by atoms with Crippen LogP contribution in [0.5, 0.6) is 5.75 Å². The molecule has 1 aromatic carbocycles. The van der Waals surface area contributed by atoms with E-state index in [9.17, 15) is 14.7 Å². The van der Waals surface area contributed by atoms with Crippen LogP contribution in [-0.2, 0) is 4.74 Å². The van der Waals surface area contributed by atoms with Crippen LogP contribution in [0.3, 0.4) is 0 Å². The number of esters is 1. The Labute approximate surface area is 85.9 Å². The number of aromatic hydroxyl groups is 1. The van der Waals surface area contributed by atoms with E-state index in [4.69, 9.17) is 5.11 Å². The van der Waals surface area contributed by atoms with Crippen molar-refractivity contribution in [2.75, 3.05) is 7.11 Å². The molecule has 0 saturated heterocycles. The van der Waals surface area contributed by atoms with E-state index in [1.165, 1.54) is 13.0 Å². The van der Waals surface area contributed by atoms with E-state index in [0.29, 0.717) is 5.56 Å². The average molecular weight is 210 g/mol. The predicted molar refractivity (Wildman–Crippen MR) is 51.1 cm³/mol. The topological polar surface area (TPSA) is 83.8 Å². The Kier molecular flexibility index (Phi) is 2.94. The van der Waals surface area contributed by atoms with Crippen molar-refractivity contribution in [1.82, 2.24) is 0 Å². The summed E-state index contributed by atoms with van der Waals surface area (Å²) in [6.45, 7) is 1.53. The molecular formula is C10H10O5. The molecule has 0 atom stereocenters. The number of carbonyl (C=O) groups excluding carboxylic acids is 1. The average Bonchev–Trinajstić information content (AvgIpc) is 2.16. The summed E-state index contributed by atoms with van der Waals surface area (Å²) >= 11 is 0. The molecule has 0 fully saturated rings. The maximum atomic E-state index is 11.1. The largest absolute Gasteiger partial charge is 0.507 e. The highest BCUT2D eigenvalue weighted by Gasteiger charge is 2.17. The number of carbonyl (C=O) groups is 2. The molecule has 1 rings (SSSR count). The smallest absolute Gasteiger partial charge is 0.341 e. The van der Waals surface area contributed by atoms with Crippen LogP contribution in [0, 0.1) is 6.92 Å². The lowest BCUT2D eigenvalue weighted by molar-refractivity contribution is 0.0597. The summed E-state index contributed by atoms with van der Waals surface area (Å²) in [5.41, 5.74) is 0.196. The molecule has 0 radical (unpaired) electrons. The molecule has 80 valence electrons. The van der Waals surface area contributed by atoms with Gasteiger partial charge in [0.2, 0.25) is 0 Å². The van der Waals surface area contributed by atoms with E-state index in [-0.39, 0.29) is 16.9 Å². The van der Waals surface area contributed by atoms with Crippen LogP contribution in [-0.4, -0.2) is 29.3 Å². The summed E-state index contributed by atoms with van der Waals surface area (Å²) in [6.07, 6.45) is 0. The highest BCUT2D eigenvalue weighted by Crippen LogP contribution is 2.22. The van der Waals surface area contributed by atoms with Crippen LogP contribution in [0.2, 0.25) is 0 Å². The molecule has 1 aromatic rings. The third-order valence-electron chi connectivity index (χ3n) is 1.98. The van der Waals surface area contributed by atoms with E-state index in [2.05, 4.69) is 4.74 Å². The van der Waals surface area contributed by atoms with Crippen molar-refractivity contribution in [2.24, 2.45) is 0 Å². The van der Waals surface area contributed by atoms with Gasteiger partial charge in [-0.05, 0) is 24.6 Å². The van der Waals surface area contributed by atoms with Gasteiger partial charge in [-0.15, -0.1) is 0 Å². The lowest BCUT2D eigenvalue weighted by Crippen LogP contribution is -2.06. The summed E-state index contributed by atoms with van der Waals surface area (Å²) in [5.74, 6) is -2.21. The van der Waals surface area contributed by atoms with Crippen molar-refractivity contribution < 1.29 is 24.5 Å². The molecule has 5 nitrogen and oxygen atoms in total. The maximum Gasteiger partial charge on any atom is 0.341 e. The SMILES string of the molecule is COC(=O)c1cc(C(=O)O)c(C)cc1O. The molecule has 0 heterocycles. The summed E-state index contributed by atoms with van der Waals surface area (Å²) in [5, 5.41) is 18.2. The van der Waals surface area contributed by atoms with Crippen LogP contribution in [0.25, 0.3) is 0 Å². The first-order chi connectivity index (χ1) is 6.97. The van der Waals surface area contributed by atoms with Gasteiger partial charge in [0.25, 0.3) is 0 Å². The van der Waals surface area contributed by atoms with E-state index in [1.54, 1.807) is 0 Å². The van der Waals surface area contributed by atoms with Crippen LogP contribution < -0.4 is 0 Å². The number of carboxylic acids is 1. The van der Waals surface area contributed by atoms with Crippen molar-refractivity contribution >= 4 is 11.9 Å². The fourth-order valence-corrected chi connectivity index (χ4v) is 1.20. The van der Waals surface area contributed by atoms with Crippen LogP contribution >= 0.6 is 0 Å². The first-order valence-electron chi connectivity index (χ1n) is 4.12. The van der Waals surface area contributed by atoms with Crippen molar-refractivity contribution in [3.8, 4) is 5.75 Å². The number of phenols is 1. The molecule has 0 amide bonds. The third-order valence-corrected chi connectivity index (χ3v) is 1.98. The molecule has 5 heteroatoms. The quantitative estimate of drug-likeness (QED) is 0.716. The molecule has 0 aromatic heterocycles. The van der Waals surface area contributed by atoms with Gasteiger partial charge in [-0.3, -0.25) is 0 Å². The molecule has 0 aliphatic heterocycles. The fraction of sp³-hybridized carbons (Fsp3) is 0.200. The number of rotatable bonds is 2.